The van der Waals surface area contributed by atoms with Gasteiger partial charge >= 0.3 is 5.97 Å². The monoisotopic (exact) mass is 358 g/mol. The van der Waals surface area contributed by atoms with E-state index in [0.29, 0.717) is 46.2 Å². The fourth-order valence-corrected chi connectivity index (χ4v) is 1.70. The first kappa shape index (κ1) is 22.2. The summed E-state index contributed by atoms with van der Waals surface area (Å²) in [4.78, 5) is 10.9. The van der Waals surface area contributed by atoms with E-state index in [1.165, 1.54) is 0 Å². The van der Waals surface area contributed by atoms with Crippen LogP contribution in [0.25, 0.3) is 0 Å². The largest absolute Gasteiger partial charge is 0.464 e. The van der Waals surface area contributed by atoms with E-state index in [4.69, 9.17) is 23.7 Å². The molecular formula is C13H26O9S. The molecule has 9 nitrogen and oxygen atoms in total. The van der Waals surface area contributed by atoms with Crippen molar-refractivity contribution in [3.8, 4) is 0 Å². The molecule has 1 atom stereocenters. The van der Waals surface area contributed by atoms with E-state index in [0.717, 1.165) is 0 Å². The Hall–Kier alpha value is -0.780. The maximum Gasteiger partial charge on any atom is 0.332 e. The number of esters is 1. The van der Waals surface area contributed by atoms with Crippen LogP contribution in [-0.4, -0.2) is 80.0 Å². The number of hydrogen-bond donors (Lipinski definition) is 1. The zero-order valence-electron chi connectivity index (χ0n) is 13.6. The zero-order valence-corrected chi connectivity index (χ0v) is 14.5. The van der Waals surface area contributed by atoms with Crippen molar-refractivity contribution < 1.29 is 41.1 Å². The van der Waals surface area contributed by atoms with Crippen LogP contribution in [0.4, 0.5) is 0 Å². The first-order valence-corrected chi connectivity index (χ1v) is 8.43. The smallest absolute Gasteiger partial charge is 0.332 e. The van der Waals surface area contributed by atoms with Gasteiger partial charge in [-0.1, -0.05) is 0 Å². The van der Waals surface area contributed by atoms with Crippen LogP contribution in [0.3, 0.4) is 0 Å². The molecule has 0 fully saturated rings. The molecule has 0 N–H and O–H groups in total. The summed E-state index contributed by atoms with van der Waals surface area (Å²) < 4.78 is 50.4. The minimum atomic E-state index is -2.85. The summed E-state index contributed by atoms with van der Waals surface area (Å²) in [6.45, 7) is 5.96. The third kappa shape index (κ3) is 17.4. The van der Waals surface area contributed by atoms with Crippen molar-refractivity contribution in [3.63, 3.8) is 0 Å². The van der Waals surface area contributed by atoms with E-state index >= 15 is 0 Å². The van der Waals surface area contributed by atoms with Gasteiger partial charge in [0.25, 0.3) is 11.0 Å². The molecule has 23 heavy (non-hydrogen) atoms. The van der Waals surface area contributed by atoms with Crippen LogP contribution in [0.5, 0.6) is 0 Å². The third-order valence-electron chi connectivity index (χ3n) is 2.26. The molecule has 1 unspecified atom stereocenters. The topological polar surface area (TPSA) is 107 Å². The number of carbonyl (C=O) groups is 1. The van der Waals surface area contributed by atoms with Crippen molar-refractivity contribution in [1.29, 1.82) is 0 Å². The number of rotatable bonds is 16. The summed E-state index contributed by atoms with van der Waals surface area (Å²) in [5.74, 6) is -0.391. The van der Waals surface area contributed by atoms with Gasteiger partial charge in [0.2, 0.25) is 0 Å². The minimum absolute atomic E-state index is 0.0756. The minimum Gasteiger partial charge on any atom is -0.464 e. The summed E-state index contributed by atoms with van der Waals surface area (Å²) >= 11 is 0. The molecular weight excluding hydrogens is 332 g/mol. The SMILES string of the molecule is CCOC(=O)COCCOCCOCCOCC(C)O[SH](=O)=O. The van der Waals surface area contributed by atoms with Crippen LogP contribution in [0.2, 0.25) is 0 Å². The van der Waals surface area contributed by atoms with E-state index in [2.05, 4.69) is 4.18 Å². The standard InChI is InChI=1S/C13H26O9S/c1-3-21-13(14)11-20-9-7-18-5-4-17-6-8-19-10-12(2)22-23(15)16/h12,23H,3-11H2,1-2H3. The van der Waals surface area contributed by atoms with Gasteiger partial charge < -0.3 is 23.7 Å². The van der Waals surface area contributed by atoms with Crippen molar-refractivity contribution in [2.45, 2.75) is 20.0 Å². The van der Waals surface area contributed by atoms with Gasteiger partial charge in [0.15, 0.2) is 0 Å². The summed E-state index contributed by atoms with van der Waals surface area (Å²) in [5, 5.41) is 0. The Morgan fingerprint density at radius 2 is 1.43 bits per heavy atom. The Labute approximate surface area is 138 Å². The molecule has 0 saturated heterocycles. The lowest BCUT2D eigenvalue weighted by Gasteiger charge is -2.09. The molecule has 0 radical (unpaired) electrons. The van der Waals surface area contributed by atoms with Crippen LogP contribution in [-0.2, 0) is 43.6 Å². The number of ether oxygens (including phenoxy) is 5. The van der Waals surface area contributed by atoms with Gasteiger partial charge in [-0.3, -0.25) is 4.18 Å². The molecule has 0 aliphatic rings. The van der Waals surface area contributed by atoms with Crippen LogP contribution in [0, 0.1) is 0 Å². The molecule has 0 rings (SSSR count). The Morgan fingerprint density at radius 1 is 0.913 bits per heavy atom. The molecule has 10 heteroatoms. The molecule has 0 spiro atoms. The fourth-order valence-electron chi connectivity index (χ4n) is 1.34. The van der Waals surface area contributed by atoms with E-state index in [-0.39, 0.29) is 13.2 Å². The van der Waals surface area contributed by atoms with Gasteiger partial charge in [-0.05, 0) is 13.8 Å². The first-order chi connectivity index (χ1) is 11.1. The number of carbonyl (C=O) groups excluding carboxylic acids is 1. The van der Waals surface area contributed by atoms with Crippen LogP contribution in [0.1, 0.15) is 13.8 Å². The van der Waals surface area contributed by atoms with Crippen LogP contribution < -0.4 is 0 Å². The summed E-state index contributed by atoms with van der Waals surface area (Å²) in [5.41, 5.74) is 0. The second kappa shape index (κ2) is 16.1. The maximum atomic E-state index is 10.9. The summed E-state index contributed by atoms with van der Waals surface area (Å²) in [7, 11) is -2.85. The molecule has 0 aliphatic carbocycles. The lowest BCUT2D eigenvalue weighted by molar-refractivity contribution is -0.149. The highest BCUT2D eigenvalue weighted by atomic mass is 32.2. The number of thiol groups is 1. The van der Waals surface area contributed by atoms with Gasteiger partial charge in [-0.25, -0.2) is 13.2 Å². The van der Waals surface area contributed by atoms with Crippen LogP contribution >= 0.6 is 0 Å². The Morgan fingerprint density at radius 3 is 1.96 bits per heavy atom. The average Bonchev–Trinajstić information content (AvgIpc) is 2.48. The fraction of sp³-hybridized carbons (Fsp3) is 0.923. The Balaban J connectivity index is 3.17. The first-order valence-electron chi connectivity index (χ1n) is 7.34. The Bertz CT molecular complexity index is 351. The highest BCUT2D eigenvalue weighted by molar-refractivity contribution is 7.67. The molecule has 0 heterocycles. The second-order valence-corrected chi connectivity index (χ2v) is 4.95. The molecule has 0 aromatic rings. The maximum absolute atomic E-state index is 10.9. The van der Waals surface area contributed by atoms with E-state index in [1.807, 2.05) is 0 Å². The van der Waals surface area contributed by atoms with Crippen molar-refractivity contribution in [2.24, 2.45) is 0 Å². The second-order valence-electron chi connectivity index (χ2n) is 4.30. The quantitative estimate of drug-likeness (QED) is 0.223. The molecule has 0 amide bonds. The van der Waals surface area contributed by atoms with E-state index in [1.54, 1.807) is 13.8 Å². The van der Waals surface area contributed by atoms with E-state index < -0.39 is 23.1 Å². The summed E-state index contributed by atoms with van der Waals surface area (Å²) in [6, 6.07) is 0. The van der Waals surface area contributed by atoms with Crippen LogP contribution in [0.15, 0.2) is 0 Å². The average molecular weight is 358 g/mol. The van der Waals surface area contributed by atoms with Gasteiger partial charge in [-0.15, -0.1) is 0 Å². The predicted molar refractivity (Wildman–Crippen MR) is 80.8 cm³/mol. The molecule has 0 bridgehead atoms. The van der Waals surface area contributed by atoms with Crippen molar-refractivity contribution in [2.75, 3.05) is 59.5 Å². The molecule has 138 valence electrons. The third-order valence-corrected chi connectivity index (χ3v) is 2.79. The molecule has 0 saturated carbocycles. The van der Waals surface area contributed by atoms with Gasteiger partial charge in [0.05, 0.1) is 59.0 Å². The van der Waals surface area contributed by atoms with Gasteiger partial charge in [0.1, 0.15) is 6.61 Å². The highest BCUT2D eigenvalue weighted by Gasteiger charge is 2.03. The Kier molecular flexibility index (Phi) is 15.5. The summed E-state index contributed by atoms with van der Waals surface area (Å²) in [6.07, 6.45) is -0.506. The van der Waals surface area contributed by atoms with Gasteiger partial charge in [0, 0.05) is 0 Å². The van der Waals surface area contributed by atoms with Crippen molar-refractivity contribution >= 4 is 17.0 Å². The lowest BCUT2D eigenvalue weighted by Crippen LogP contribution is -2.18. The van der Waals surface area contributed by atoms with Crippen molar-refractivity contribution in [1.82, 2.24) is 0 Å². The predicted octanol–water partition coefficient (Wildman–Crippen LogP) is -0.453. The highest BCUT2D eigenvalue weighted by Crippen LogP contribution is 1.92. The number of hydrogen-bond acceptors (Lipinski definition) is 9. The molecule has 0 aromatic carbocycles. The normalized spacial score (nSPS) is 12.5. The van der Waals surface area contributed by atoms with Crippen molar-refractivity contribution in [3.05, 3.63) is 0 Å². The van der Waals surface area contributed by atoms with Gasteiger partial charge in [-0.2, -0.15) is 0 Å². The zero-order chi connectivity index (χ0) is 17.3. The molecule has 0 aliphatic heterocycles. The van der Waals surface area contributed by atoms with E-state index in [9.17, 15) is 13.2 Å². The lowest BCUT2D eigenvalue weighted by atomic mass is 10.4. The molecule has 0 aromatic heterocycles.